The van der Waals surface area contributed by atoms with Gasteiger partial charge < -0.3 is 9.52 Å². The van der Waals surface area contributed by atoms with Crippen LogP contribution in [0.25, 0.3) is 0 Å². The molecule has 1 aromatic heterocycles. The summed E-state index contributed by atoms with van der Waals surface area (Å²) < 4.78 is 5.38. The average molecular weight is 278 g/mol. The molecule has 2 saturated heterocycles. The monoisotopic (exact) mass is 278 g/mol. The molecule has 0 aromatic carbocycles. The lowest BCUT2D eigenvalue weighted by Gasteiger charge is -2.38. The maximum absolute atomic E-state index is 11.3. The molecule has 2 aliphatic heterocycles. The Labute approximate surface area is 119 Å². The first-order chi connectivity index (χ1) is 9.74. The van der Waals surface area contributed by atoms with Crippen molar-refractivity contribution < 1.29 is 14.3 Å². The van der Waals surface area contributed by atoms with Gasteiger partial charge in [0.25, 0.3) is 0 Å². The van der Waals surface area contributed by atoms with Gasteiger partial charge in [0, 0.05) is 19.1 Å². The van der Waals surface area contributed by atoms with E-state index in [2.05, 4.69) is 9.80 Å². The Morgan fingerprint density at radius 1 is 1.30 bits per heavy atom. The van der Waals surface area contributed by atoms with E-state index in [0.29, 0.717) is 6.04 Å². The highest BCUT2D eigenvalue weighted by molar-refractivity contribution is 5.73. The van der Waals surface area contributed by atoms with Crippen LogP contribution >= 0.6 is 0 Å². The number of rotatable bonds is 4. The van der Waals surface area contributed by atoms with Crippen molar-refractivity contribution in [1.82, 2.24) is 9.80 Å². The van der Waals surface area contributed by atoms with Gasteiger partial charge in [0.15, 0.2) is 0 Å². The van der Waals surface area contributed by atoms with E-state index in [1.807, 2.05) is 12.1 Å². The summed E-state index contributed by atoms with van der Waals surface area (Å²) in [5.41, 5.74) is 0. The first kappa shape index (κ1) is 13.6. The van der Waals surface area contributed by atoms with Crippen LogP contribution in [0.3, 0.4) is 0 Å². The Morgan fingerprint density at radius 2 is 2.10 bits per heavy atom. The van der Waals surface area contributed by atoms with E-state index in [1.165, 1.54) is 0 Å². The number of carboxylic acids is 1. The van der Waals surface area contributed by atoms with Gasteiger partial charge in [-0.15, -0.1) is 0 Å². The molecule has 0 aliphatic carbocycles. The third-order valence-electron chi connectivity index (χ3n) is 4.56. The SMILES string of the molecule is O=C(O)C1CCCN1C1CCN(Cc2ccco2)CC1. The van der Waals surface area contributed by atoms with Gasteiger partial charge in [-0.3, -0.25) is 14.6 Å². The van der Waals surface area contributed by atoms with Gasteiger partial charge in [-0.25, -0.2) is 0 Å². The average Bonchev–Trinajstić information content (AvgIpc) is 3.10. The predicted octanol–water partition coefficient (Wildman–Crippen LogP) is 1.79. The Kier molecular flexibility index (Phi) is 4.08. The van der Waals surface area contributed by atoms with Crippen LogP contribution in [0.1, 0.15) is 31.4 Å². The number of hydrogen-bond donors (Lipinski definition) is 1. The summed E-state index contributed by atoms with van der Waals surface area (Å²) >= 11 is 0. The van der Waals surface area contributed by atoms with Crippen LogP contribution < -0.4 is 0 Å². The molecule has 5 heteroatoms. The normalized spacial score (nSPS) is 26.1. The fourth-order valence-electron chi connectivity index (χ4n) is 3.52. The summed E-state index contributed by atoms with van der Waals surface area (Å²) in [6, 6.07) is 4.11. The quantitative estimate of drug-likeness (QED) is 0.910. The number of carboxylic acid groups (broad SMARTS) is 1. The van der Waals surface area contributed by atoms with Crippen molar-refractivity contribution in [1.29, 1.82) is 0 Å². The van der Waals surface area contributed by atoms with E-state index < -0.39 is 5.97 Å². The summed E-state index contributed by atoms with van der Waals surface area (Å²) in [5, 5.41) is 9.27. The van der Waals surface area contributed by atoms with Crippen LogP contribution in [-0.4, -0.2) is 52.6 Å². The van der Waals surface area contributed by atoms with Crippen LogP contribution in [-0.2, 0) is 11.3 Å². The van der Waals surface area contributed by atoms with E-state index in [9.17, 15) is 9.90 Å². The maximum Gasteiger partial charge on any atom is 0.320 e. The van der Waals surface area contributed by atoms with Gasteiger partial charge in [0.05, 0.1) is 12.8 Å². The minimum atomic E-state index is -0.652. The van der Waals surface area contributed by atoms with Gasteiger partial charge in [-0.05, 0) is 44.4 Å². The van der Waals surface area contributed by atoms with E-state index in [0.717, 1.165) is 57.6 Å². The minimum absolute atomic E-state index is 0.253. The van der Waals surface area contributed by atoms with Crippen LogP contribution in [0.2, 0.25) is 0 Å². The first-order valence-corrected chi connectivity index (χ1v) is 7.47. The largest absolute Gasteiger partial charge is 0.480 e. The molecule has 1 N–H and O–H groups in total. The van der Waals surface area contributed by atoms with Gasteiger partial charge >= 0.3 is 5.97 Å². The van der Waals surface area contributed by atoms with E-state index in [1.54, 1.807) is 6.26 Å². The second kappa shape index (κ2) is 5.97. The van der Waals surface area contributed by atoms with Crippen LogP contribution in [0.5, 0.6) is 0 Å². The number of aliphatic carboxylic acids is 1. The minimum Gasteiger partial charge on any atom is -0.480 e. The Balaban J connectivity index is 1.52. The van der Waals surface area contributed by atoms with Crippen molar-refractivity contribution in [3.63, 3.8) is 0 Å². The van der Waals surface area contributed by atoms with Crippen molar-refractivity contribution in [2.45, 2.75) is 44.3 Å². The topological polar surface area (TPSA) is 56.9 Å². The van der Waals surface area contributed by atoms with Crippen molar-refractivity contribution in [2.24, 2.45) is 0 Å². The van der Waals surface area contributed by atoms with Crippen LogP contribution in [0.4, 0.5) is 0 Å². The second-order valence-electron chi connectivity index (χ2n) is 5.82. The van der Waals surface area contributed by atoms with Gasteiger partial charge in [0.1, 0.15) is 11.8 Å². The molecule has 0 spiro atoms. The van der Waals surface area contributed by atoms with Crippen molar-refractivity contribution in [2.75, 3.05) is 19.6 Å². The first-order valence-electron chi connectivity index (χ1n) is 7.47. The second-order valence-corrected chi connectivity index (χ2v) is 5.82. The molecule has 3 heterocycles. The molecule has 20 heavy (non-hydrogen) atoms. The van der Waals surface area contributed by atoms with E-state index in [-0.39, 0.29) is 6.04 Å². The Hall–Kier alpha value is -1.33. The molecular formula is C15H22N2O3. The highest BCUT2D eigenvalue weighted by Gasteiger charge is 2.36. The molecule has 0 bridgehead atoms. The van der Waals surface area contributed by atoms with E-state index in [4.69, 9.17) is 4.42 Å². The van der Waals surface area contributed by atoms with Crippen molar-refractivity contribution in [3.05, 3.63) is 24.2 Å². The van der Waals surface area contributed by atoms with Crippen LogP contribution in [0.15, 0.2) is 22.8 Å². The lowest BCUT2D eigenvalue weighted by atomic mass is 10.0. The zero-order valence-electron chi connectivity index (χ0n) is 11.7. The highest BCUT2D eigenvalue weighted by atomic mass is 16.4. The van der Waals surface area contributed by atoms with Crippen molar-refractivity contribution >= 4 is 5.97 Å². The maximum atomic E-state index is 11.3. The summed E-state index contributed by atoms with van der Waals surface area (Å²) in [5.74, 6) is 0.355. The molecule has 0 amide bonds. The molecule has 1 unspecified atom stereocenters. The summed E-state index contributed by atoms with van der Waals surface area (Å²) in [6.07, 6.45) is 5.66. The molecule has 2 fully saturated rings. The van der Waals surface area contributed by atoms with Gasteiger partial charge in [0.2, 0.25) is 0 Å². The molecule has 5 nitrogen and oxygen atoms in total. The van der Waals surface area contributed by atoms with Crippen molar-refractivity contribution in [3.8, 4) is 0 Å². The molecule has 0 saturated carbocycles. The molecule has 110 valence electrons. The van der Waals surface area contributed by atoms with Crippen LogP contribution in [0, 0.1) is 0 Å². The van der Waals surface area contributed by atoms with E-state index >= 15 is 0 Å². The molecule has 1 aromatic rings. The zero-order valence-corrected chi connectivity index (χ0v) is 11.7. The van der Waals surface area contributed by atoms with Gasteiger partial charge in [-0.2, -0.15) is 0 Å². The Bertz CT molecular complexity index is 438. The fraction of sp³-hybridized carbons (Fsp3) is 0.667. The number of carbonyl (C=O) groups is 1. The predicted molar refractivity (Wildman–Crippen MR) is 74.4 cm³/mol. The lowest BCUT2D eigenvalue weighted by Crippen LogP contribution is -2.48. The molecule has 2 aliphatic rings. The molecule has 0 radical (unpaired) electrons. The number of hydrogen-bond acceptors (Lipinski definition) is 4. The zero-order chi connectivity index (χ0) is 13.9. The molecule has 3 rings (SSSR count). The Morgan fingerprint density at radius 3 is 2.75 bits per heavy atom. The number of furan rings is 1. The van der Waals surface area contributed by atoms with Gasteiger partial charge in [-0.1, -0.05) is 0 Å². The summed E-state index contributed by atoms with van der Waals surface area (Å²) in [6.45, 7) is 3.85. The number of piperidine rings is 1. The third-order valence-corrected chi connectivity index (χ3v) is 4.56. The summed E-state index contributed by atoms with van der Waals surface area (Å²) in [4.78, 5) is 15.9. The summed E-state index contributed by atoms with van der Waals surface area (Å²) in [7, 11) is 0. The fourth-order valence-corrected chi connectivity index (χ4v) is 3.52. The smallest absolute Gasteiger partial charge is 0.320 e. The molecule has 1 atom stereocenters. The highest BCUT2D eigenvalue weighted by Crippen LogP contribution is 2.26. The molecular weight excluding hydrogens is 256 g/mol. The standard InChI is InChI=1S/C15H22N2O3/c18-15(19)14-4-1-7-17(14)12-5-8-16(9-6-12)11-13-3-2-10-20-13/h2-3,10,12,14H,1,4-9,11H2,(H,18,19). The lowest BCUT2D eigenvalue weighted by molar-refractivity contribution is -0.143. The number of nitrogens with zero attached hydrogens (tertiary/aromatic N) is 2. The third kappa shape index (κ3) is 2.88. The number of likely N-dealkylation sites (tertiary alicyclic amines) is 2.